The van der Waals surface area contributed by atoms with Crippen LogP contribution in [0.4, 0.5) is 0 Å². The number of halogens is 1. The van der Waals surface area contributed by atoms with E-state index < -0.39 is 0 Å². The van der Waals surface area contributed by atoms with Gasteiger partial charge in [0.2, 0.25) is 0 Å². The van der Waals surface area contributed by atoms with Gasteiger partial charge >= 0.3 is 0 Å². The lowest BCUT2D eigenvalue weighted by Gasteiger charge is -2.18. The lowest BCUT2D eigenvalue weighted by molar-refractivity contribution is 0.308. The zero-order valence-corrected chi connectivity index (χ0v) is 14.4. The Morgan fingerprint density at radius 3 is 2.41 bits per heavy atom. The van der Waals surface area contributed by atoms with E-state index in [1.807, 2.05) is 30.3 Å². The Bertz CT molecular complexity index is 608. The highest BCUT2D eigenvalue weighted by molar-refractivity contribution is 6.33. The van der Waals surface area contributed by atoms with Gasteiger partial charge in [-0.25, -0.2) is 0 Å². The zero-order chi connectivity index (χ0) is 15.9. The van der Waals surface area contributed by atoms with Crippen LogP contribution < -0.4 is 4.74 Å². The van der Waals surface area contributed by atoms with Crippen molar-refractivity contribution in [2.24, 2.45) is 0 Å². The van der Waals surface area contributed by atoms with Gasteiger partial charge in [-0.1, -0.05) is 49.7 Å². The quantitative estimate of drug-likeness (QED) is 0.720. The van der Waals surface area contributed by atoms with E-state index in [1.54, 1.807) is 7.11 Å². The summed E-state index contributed by atoms with van der Waals surface area (Å²) in [5.74, 6) is 0.852. The molecule has 0 saturated heterocycles. The predicted octanol–water partition coefficient (Wildman–Crippen LogP) is 4.90. The smallest absolute Gasteiger partial charge is 0.126 e. The molecule has 2 aromatic carbocycles. The van der Waals surface area contributed by atoms with E-state index in [4.69, 9.17) is 16.3 Å². The molecule has 0 bridgehead atoms. The monoisotopic (exact) mass is 317 g/mol. The van der Waals surface area contributed by atoms with Crippen LogP contribution in [0.25, 0.3) is 11.1 Å². The van der Waals surface area contributed by atoms with Crippen molar-refractivity contribution in [1.29, 1.82) is 0 Å². The van der Waals surface area contributed by atoms with Gasteiger partial charge in [-0.15, -0.1) is 0 Å². The SMILES string of the molecule is CCN(CC)CCc1ccc(Cl)c(-c2ccccc2OC)c1. The van der Waals surface area contributed by atoms with Crippen molar-refractivity contribution in [2.45, 2.75) is 20.3 Å². The van der Waals surface area contributed by atoms with Crippen molar-refractivity contribution in [3.63, 3.8) is 0 Å². The Morgan fingerprint density at radius 1 is 1.00 bits per heavy atom. The van der Waals surface area contributed by atoms with Crippen LogP contribution in [0.1, 0.15) is 19.4 Å². The molecule has 22 heavy (non-hydrogen) atoms. The average Bonchev–Trinajstić information content (AvgIpc) is 2.57. The van der Waals surface area contributed by atoms with Gasteiger partial charge in [0.25, 0.3) is 0 Å². The van der Waals surface area contributed by atoms with Gasteiger partial charge in [0.1, 0.15) is 5.75 Å². The molecule has 118 valence electrons. The summed E-state index contributed by atoms with van der Waals surface area (Å²) in [6, 6.07) is 14.3. The summed E-state index contributed by atoms with van der Waals surface area (Å²) >= 11 is 6.41. The molecule has 0 N–H and O–H groups in total. The van der Waals surface area contributed by atoms with Crippen molar-refractivity contribution >= 4 is 11.6 Å². The third-order valence-electron chi connectivity index (χ3n) is 4.04. The fourth-order valence-electron chi connectivity index (χ4n) is 2.63. The van der Waals surface area contributed by atoms with Gasteiger partial charge in [0.15, 0.2) is 0 Å². The van der Waals surface area contributed by atoms with Crippen molar-refractivity contribution in [3.05, 3.63) is 53.1 Å². The van der Waals surface area contributed by atoms with Gasteiger partial charge < -0.3 is 9.64 Å². The lowest BCUT2D eigenvalue weighted by atomic mass is 10.0. The molecule has 2 aromatic rings. The molecule has 0 aromatic heterocycles. The van der Waals surface area contributed by atoms with Crippen molar-refractivity contribution in [1.82, 2.24) is 4.90 Å². The minimum Gasteiger partial charge on any atom is -0.496 e. The number of ether oxygens (including phenoxy) is 1. The third-order valence-corrected chi connectivity index (χ3v) is 4.37. The first-order valence-electron chi connectivity index (χ1n) is 7.83. The molecule has 0 atom stereocenters. The number of nitrogens with zero attached hydrogens (tertiary/aromatic N) is 1. The molecular formula is C19H24ClNO. The van der Waals surface area contributed by atoms with Crippen LogP contribution in [-0.2, 0) is 6.42 Å². The summed E-state index contributed by atoms with van der Waals surface area (Å²) < 4.78 is 5.46. The summed E-state index contributed by atoms with van der Waals surface area (Å²) in [5.41, 5.74) is 3.38. The molecule has 0 saturated carbocycles. The molecule has 3 heteroatoms. The maximum Gasteiger partial charge on any atom is 0.126 e. The molecule has 0 amide bonds. The second kappa shape index (κ2) is 8.21. The number of hydrogen-bond donors (Lipinski definition) is 0. The molecule has 2 nitrogen and oxygen atoms in total. The van der Waals surface area contributed by atoms with Crippen LogP contribution in [0.2, 0.25) is 5.02 Å². The number of likely N-dealkylation sites (N-methyl/N-ethyl adjacent to an activating group) is 1. The van der Waals surface area contributed by atoms with Crippen LogP contribution in [0.3, 0.4) is 0 Å². The van der Waals surface area contributed by atoms with Gasteiger partial charge in [-0.2, -0.15) is 0 Å². The molecule has 0 unspecified atom stereocenters. The zero-order valence-electron chi connectivity index (χ0n) is 13.6. The van der Waals surface area contributed by atoms with Crippen molar-refractivity contribution in [2.75, 3.05) is 26.7 Å². The van der Waals surface area contributed by atoms with Crippen LogP contribution in [0.5, 0.6) is 5.75 Å². The van der Waals surface area contributed by atoms with Gasteiger partial charge in [-0.3, -0.25) is 0 Å². The van der Waals surface area contributed by atoms with Crippen LogP contribution in [0.15, 0.2) is 42.5 Å². The molecule has 0 heterocycles. The van der Waals surface area contributed by atoms with Crippen molar-refractivity contribution in [3.8, 4) is 16.9 Å². The largest absolute Gasteiger partial charge is 0.496 e. The first-order valence-corrected chi connectivity index (χ1v) is 8.21. The fraction of sp³-hybridized carbons (Fsp3) is 0.368. The number of methoxy groups -OCH3 is 1. The summed E-state index contributed by atoms with van der Waals surface area (Å²) in [6.07, 6.45) is 1.03. The molecule has 0 fully saturated rings. The van der Waals surface area contributed by atoms with Crippen LogP contribution in [0, 0.1) is 0 Å². The van der Waals surface area contributed by atoms with Crippen LogP contribution in [-0.4, -0.2) is 31.6 Å². The first-order chi connectivity index (χ1) is 10.7. The van der Waals surface area contributed by atoms with Gasteiger partial charge in [0, 0.05) is 22.7 Å². The third kappa shape index (κ3) is 4.02. The Labute approximate surface area is 138 Å². The van der Waals surface area contributed by atoms with E-state index in [1.165, 1.54) is 5.56 Å². The molecule has 0 spiro atoms. The van der Waals surface area contributed by atoms with Crippen LogP contribution >= 0.6 is 11.6 Å². The minimum absolute atomic E-state index is 0.760. The number of hydrogen-bond acceptors (Lipinski definition) is 2. The molecule has 0 aliphatic heterocycles. The summed E-state index contributed by atoms with van der Waals surface area (Å²) in [4.78, 5) is 2.43. The highest BCUT2D eigenvalue weighted by Crippen LogP contribution is 2.35. The van der Waals surface area contributed by atoms with E-state index in [0.29, 0.717) is 0 Å². The molecular weight excluding hydrogens is 294 g/mol. The number of rotatable bonds is 7. The van der Waals surface area contributed by atoms with Crippen molar-refractivity contribution < 1.29 is 4.74 Å². The van der Waals surface area contributed by atoms with E-state index in [2.05, 4.69) is 30.9 Å². The first kappa shape index (κ1) is 16.9. The Balaban J connectivity index is 2.27. The molecule has 2 rings (SSSR count). The normalized spacial score (nSPS) is 11.0. The Morgan fingerprint density at radius 2 is 1.73 bits per heavy atom. The molecule has 0 radical (unpaired) electrons. The highest BCUT2D eigenvalue weighted by atomic mass is 35.5. The minimum atomic E-state index is 0.760. The second-order valence-electron chi connectivity index (χ2n) is 5.29. The van der Waals surface area contributed by atoms with E-state index in [-0.39, 0.29) is 0 Å². The van der Waals surface area contributed by atoms with Gasteiger partial charge in [0.05, 0.1) is 7.11 Å². The fourth-order valence-corrected chi connectivity index (χ4v) is 2.85. The lowest BCUT2D eigenvalue weighted by Crippen LogP contribution is -2.25. The standard InChI is InChI=1S/C19H24ClNO/c1-4-21(5-2)13-12-15-10-11-18(20)17(14-15)16-8-6-7-9-19(16)22-3/h6-11,14H,4-5,12-13H2,1-3H3. The Hall–Kier alpha value is -1.51. The maximum atomic E-state index is 6.41. The molecule has 0 aliphatic rings. The summed E-state index contributed by atoms with van der Waals surface area (Å²) in [5, 5.41) is 0.760. The summed E-state index contributed by atoms with van der Waals surface area (Å²) in [6.45, 7) is 7.64. The number of benzene rings is 2. The van der Waals surface area contributed by atoms with E-state index in [9.17, 15) is 0 Å². The van der Waals surface area contributed by atoms with E-state index >= 15 is 0 Å². The maximum absolute atomic E-state index is 6.41. The second-order valence-corrected chi connectivity index (χ2v) is 5.70. The summed E-state index contributed by atoms with van der Waals surface area (Å²) in [7, 11) is 1.69. The topological polar surface area (TPSA) is 12.5 Å². The average molecular weight is 318 g/mol. The predicted molar refractivity (Wildman–Crippen MR) is 94.9 cm³/mol. The highest BCUT2D eigenvalue weighted by Gasteiger charge is 2.10. The number of para-hydroxylation sites is 1. The molecule has 0 aliphatic carbocycles. The van der Waals surface area contributed by atoms with Gasteiger partial charge in [-0.05, 0) is 43.3 Å². The van der Waals surface area contributed by atoms with E-state index in [0.717, 1.165) is 48.0 Å². The Kier molecular flexibility index (Phi) is 6.29.